The summed E-state index contributed by atoms with van der Waals surface area (Å²) in [4.78, 5) is 27.4. The van der Waals surface area contributed by atoms with Crippen LogP contribution in [0.25, 0.3) is 0 Å². The maximum atomic E-state index is 12.6. The monoisotopic (exact) mass is 466 g/mol. The number of rotatable bonds is 6. The zero-order chi connectivity index (χ0) is 23.3. The average Bonchev–Trinajstić information content (AvgIpc) is 2.88. The van der Waals surface area contributed by atoms with Crippen LogP contribution in [0.1, 0.15) is 36.6 Å². The minimum Gasteiger partial charge on any atom is -0.379 e. The van der Waals surface area contributed by atoms with Crippen LogP contribution in [-0.2, 0) is 20.8 Å². The van der Waals surface area contributed by atoms with Gasteiger partial charge in [-0.2, -0.15) is 0 Å². The molecule has 1 amide bonds. The first-order valence-corrected chi connectivity index (χ1v) is 12.2. The van der Waals surface area contributed by atoms with Crippen molar-refractivity contribution in [3.8, 4) is 0 Å². The molecular formula is C25H34N6O3. The zero-order valence-corrected chi connectivity index (χ0v) is 19.8. The molecule has 2 atom stereocenters. The fourth-order valence-corrected chi connectivity index (χ4v) is 4.92. The molecule has 4 heterocycles. The molecule has 0 spiro atoms. The van der Waals surface area contributed by atoms with E-state index in [-0.39, 0.29) is 18.1 Å². The van der Waals surface area contributed by atoms with Gasteiger partial charge in [0.2, 0.25) is 5.91 Å². The first-order chi connectivity index (χ1) is 16.7. The molecule has 182 valence electrons. The van der Waals surface area contributed by atoms with Gasteiger partial charge < -0.3 is 19.3 Å². The Morgan fingerprint density at radius 3 is 2.74 bits per heavy atom. The van der Waals surface area contributed by atoms with E-state index in [0.717, 1.165) is 64.5 Å². The van der Waals surface area contributed by atoms with Gasteiger partial charge in [-0.05, 0) is 36.6 Å². The third kappa shape index (κ3) is 5.55. The summed E-state index contributed by atoms with van der Waals surface area (Å²) in [6.45, 7) is 6.48. The third-order valence-corrected chi connectivity index (χ3v) is 6.98. The summed E-state index contributed by atoms with van der Waals surface area (Å²) in [5.41, 5.74) is 3.44. The van der Waals surface area contributed by atoms with Crippen molar-refractivity contribution in [3.05, 3.63) is 54.1 Å². The Hall–Kier alpha value is -2.59. The maximum absolute atomic E-state index is 12.6. The number of hydrogen-bond donors (Lipinski definition) is 1. The molecule has 1 aromatic carbocycles. The number of anilines is 1. The first-order valence-electron chi connectivity index (χ1n) is 12.2. The summed E-state index contributed by atoms with van der Waals surface area (Å²) in [5, 5.41) is 3.45. The van der Waals surface area contributed by atoms with Crippen LogP contribution >= 0.6 is 0 Å². The normalized spacial score (nSPS) is 25.0. The van der Waals surface area contributed by atoms with Gasteiger partial charge in [0, 0.05) is 58.1 Å². The number of nitrogens with one attached hydrogen (secondary N) is 1. The molecule has 0 aliphatic carbocycles. The minimum absolute atomic E-state index is 0.0573. The van der Waals surface area contributed by atoms with Crippen molar-refractivity contribution in [3.63, 3.8) is 0 Å². The fraction of sp³-hybridized carbons (Fsp3) is 0.560. The number of morpholine rings is 1. The lowest BCUT2D eigenvalue weighted by Gasteiger charge is -2.41. The molecule has 1 N–H and O–H groups in total. The standard InChI is InChI=1S/C25H34N6O3/c1-29-24(32)16-23(22-5-8-26-18-27-22)28-25(29)34-21-6-9-31(10-7-21)20-4-2-3-19(15-20)17-30-11-13-33-14-12-30/h2-5,8,15,18,21,23,25,28H,6-7,9-14,16-17H2,1H3. The van der Waals surface area contributed by atoms with Crippen LogP contribution in [0.3, 0.4) is 0 Å². The number of nitrogens with zero attached hydrogens (tertiary/aromatic N) is 5. The average molecular weight is 467 g/mol. The lowest BCUT2D eigenvalue weighted by molar-refractivity contribution is -0.167. The molecule has 1 aromatic heterocycles. The lowest BCUT2D eigenvalue weighted by atomic mass is 10.1. The van der Waals surface area contributed by atoms with Crippen molar-refractivity contribution < 1.29 is 14.3 Å². The van der Waals surface area contributed by atoms with Crippen molar-refractivity contribution in [2.24, 2.45) is 0 Å². The van der Waals surface area contributed by atoms with Gasteiger partial charge in [-0.25, -0.2) is 9.97 Å². The Morgan fingerprint density at radius 2 is 1.97 bits per heavy atom. The van der Waals surface area contributed by atoms with E-state index < -0.39 is 6.35 Å². The smallest absolute Gasteiger partial charge is 0.227 e. The largest absolute Gasteiger partial charge is 0.379 e. The predicted molar refractivity (Wildman–Crippen MR) is 128 cm³/mol. The fourth-order valence-electron chi connectivity index (χ4n) is 4.92. The van der Waals surface area contributed by atoms with Gasteiger partial charge in [-0.3, -0.25) is 15.0 Å². The van der Waals surface area contributed by atoms with Crippen molar-refractivity contribution >= 4 is 11.6 Å². The van der Waals surface area contributed by atoms with Crippen LogP contribution < -0.4 is 10.2 Å². The molecule has 3 saturated heterocycles. The van der Waals surface area contributed by atoms with Gasteiger partial charge in [0.05, 0.1) is 31.1 Å². The molecule has 9 nitrogen and oxygen atoms in total. The molecule has 9 heteroatoms. The van der Waals surface area contributed by atoms with E-state index in [9.17, 15) is 4.79 Å². The molecule has 3 aliphatic rings. The van der Waals surface area contributed by atoms with Crippen molar-refractivity contribution in [2.75, 3.05) is 51.3 Å². The SMILES string of the molecule is CN1C(=O)CC(c2ccncn2)NC1OC1CCN(c2cccc(CN3CCOCC3)c2)CC1. The van der Waals surface area contributed by atoms with Crippen LogP contribution in [0.15, 0.2) is 42.9 Å². The van der Waals surface area contributed by atoms with E-state index in [4.69, 9.17) is 9.47 Å². The van der Waals surface area contributed by atoms with Crippen LogP contribution in [-0.4, -0.2) is 84.6 Å². The Balaban J connectivity index is 1.15. The summed E-state index contributed by atoms with van der Waals surface area (Å²) < 4.78 is 11.8. The highest BCUT2D eigenvalue weighted by atomic mass is 16.5. The summed E-state index contributed by atoms with van der Waals surface area (Å²) >= 11 is 0. The second-order valence-electron chi connectivity index (χ2n) is 9.30. The van der Waals surface area contributed by atoms with Crippen LogP contribution in [0.5, 0.6) is 0 Å². The Bertz CT molecular complexity index is 947. The summed E-state index contributed by atoms with van der Waals surface area (Å²) in [7, 11) is 1.80. The predicted octanol–water partition coefficient (Wildman–Crippen LogP) is 1.77. The zero-order valence-electron chi connectivity index (χ0n) is 19.8. The first kappa shape index (κ1) is 23.2. The molecule has 3 fully saturated rings. The number of aromatic nitrogens is 2. The minimum atomic E-state index is -0.449. The molecule has 2 unspecified atom stereocenters. The van der Waals surface area contributed by atoms with Crippen molar-refractivity contribution in [1.82, 2.24) is 25.1 Å². The molecular weight excluding hydrogens is 432 g/mol. The van der Waals surface area contributed by atoms with E-state index in [0.29, 0.717) is 6.42 Å². The number of ether oxygens (including phenoxy) is 2. The summed E-state index contributed by atoms with van der Waals surface area (Å²) in [6.07, 6.45) is 5.08. The van der Waals surface area contributed by atoms with Crippen molar-refractivity contribution in [2.45, 2.75) is 44.3 Å². The van der Waals surface area contributed by atoms with Gasteiger partial charge >= 0.3 is 0 Å². The quantitative estimate of drug-likeness (QED) is 0.690. The molecule has 3 aliphatic heterocycles. The topological polar surface area (TPSA) is 83.1 Å². The molecule has 5 rings (SSSR count). The van der Waals surface area contributed by atoms with E-state index >= 15 is 0 Å². The van der Waals surface area contributed by atoms with Gasteiger partial charge in [0.25, 0.3) is 0 Å². The molecule has 0 radical (unpaired) electrons. The Morgan fingerprint density at radius 1 is 1.15 bits per heavy atom. The number of carbonyl (C=O) groups is 1. The number of benzene rings is 1. The number of carbonyl (C=O) groups excluding carboxylic acids is 1. The second-order valence-corrected chi connectivity index (χ2v) is 9.30. The van der Waals surface area contributed by atoms with Gasteiger partial charge in [0.1, 0.15) is 6.33 Å². The third-order valence-electron chi connectivity index (χ3n) is 6.98. The van der Waals surface area contributed by atoms with Gasteiger partial charge in [0.15, 0.2) is 6.35 Å². The van der Waals surface area contributed by atoms with E-state index in [1.54, 1.807) is 18.1 Å². The molecule has 34 heavy (non-hydrogen) atoms. The van der Waals surface area contributed by atoms with Crippen LogP contribution in [0.2, 0.25) is 0 Å². The molecule has 0 saturated carbocycles. The Kier molecular flexibility index (Phi) is 7.34. The summed E-state index contributed by atoms with van der Waals surface area (Å²) in [6, 6.07) is 10.6. The molecule has 0 bridgehead atoms. The van der Waals surface area contributed by atoms with Crippen molar-refractivity contribution in [1.29, 1.82) is 0 Å². The number of hydrogen-bond acceptors (Lipinski definition) is 8. The highest BCUT2D eigenvalue weighted by Crippen LogP contribution is 2.27. The summed E-state index contributed by atoms with van der Waals surface area (Å²) in [5.74, 6) is 0.0573. The van der Waals surface area contributed by atoms with Crippen LogP contribution in [0, 0.1) is 0 Å². The Labute approximate surface area is 201 Å². The second kappa shape index (κ2) is 10.8. The number of amides is 1. The van der Waals surface area contributed by atoms with Crippen LogP contribution in [0.4, 0.5) is 5.69 Å². The maximum Gasteiger partial charge on any atom is 0.227 e. The van der Waals surface area contributed by atoms with Gasteiger partial charge in [-0.15, -0.1) is 0 Å². The van der Waals surface area contributed by atoms with E-state index in [1.165, 1.54) is 17.6 Å². The highest BCUT2D eigenvalue weighted by Gasteiger charge is 2.35. The molecule has 2 aromatic rings. The number of piperidine rings is 1. The van der Waals surface area contributed by atoms with E-state index in [1.807, 2.05) is 6.07 Å². The lowest BCUT2D eigenvalue weighted by Crippen LogP contribution is -2.56. The highest BCUT2D eigenvalue weighted by molar-refractivity contribution is 5.77. The van der Waals surface area contributed by atoms with Gasteiger partial charge in [-0.1, -0.05) is 12.1 Å². The van der Waals surface area contributed by atoms with E-state index in [2.05, 4.69) is 49.4 Å².